The van der Waals surface area contributed by atoms with Crippen molar-refractivity contribution in [3.63, 3.8) is 0 Å². The highest BCUT2D eigenvalue weighted by atomic mass is 19.1. The van der Waals surface area contributed by atoms with E-state index in [1.54, 1.807) is 13.2 Å². The Morgan fingerprint density at radius 2 is 2.20 bits per heavy atom. The number of ether oxygens (including phenoxy) is 1. The van der Waals surface area contributed by atoms with Crippen LogP contribution in [0, 0.1) is 5.82 Å². The molecular formula is C12H16FNO. The molecule has 82 valence electrons. The van der Waals surface area contributed by atoms with Crippen LogP contribution >= 0.6 is 0 Å². The quantitative estimate of drug-likeness (QED) is 0.807. The first-order valence-electron chi connectivity index (χ1n) is 5.24. The maximum Gasteiger partial charge on any atom is 0.127 e. The molecule has 1 aliphatic heterocycles. The summed E-state index contributed by atoms with van der Waals surface area (Å²) in [5.41, 5.74) is 0.868. The van der Waals surface area contributed by atoms with Crippen molar-refractivity contribution in [1.82, 2.24) is 5.32 Å². The molecule has 0 bridgehead atoms. The Labute approximate surface area is 89.4 Å². The van der Waals surface area contributed by atoms with Gasteiger partial charge in [-0.3, -0.25) is 0 Å². The molecule has 1 fully saturated rings. The SMILES string of the molecule is COc1cc(F)cc(C2(C)CCCN2)c1. The molecule has 1 unspecified atom stereocenters. The van der Waals surface area contributed by atoms with Crippen LogP contribution in [0.4, 0.5) is 4.39 Å². The maximum atomic E-state index is 13.3. The molecule has 15 heavy (non-hydrogen) atoms. The minimum Gasteiger partial charge on any atom is -0.497 e. The fourth-order valence-corrected chi connectivity index (χ4v) is 2.14. The summed E-state index contributed by atoms with van der Waals surface area (Å²) < 4.78 is 18.4. The number of benzene rings is 1. The number of hydrogen-bond donors (Lipinski definition) is 1. The van der Waals surface area contributed by atoms with Gasteiger partial charge in [-0.1, -0.05) is 0 Å². The van der Waals surface area contributed by atoms with E-state index in [9.17, 15) is 4.39 Å². The smallest absolute Gasteiger partial charge is 0.127 e. The highest BCUT2D eigenvalue weighted by Gasteiger charge is 2.30. The minimum absolute atomic E-state index is 0.102. The van der Waals surface area contributed by atoms with Crippen LogP contribution in [0.2, 0.25) is 0 Å². The van der Waals surface area contributed by atoms with Crippen molar-refractivity contribution in [2.24, 2.45) is 0 Å². The molecule has 1 heterocycles. The van der Waals surface area contributed by atoms with Gasteiger partial charge in [0.25, 0.3) is 0 Å². The molecule has 0 aliphatic carbocycles. The summed E-state index contributed by atoms with van der Waals surface area (Å²) in [5, 5.41) is 3.41. The fourth-order valence-electron chi connectivity index (χ4n) is 2.14. The number of halogens is 1. The second-order valence-corrected chi connectivity index (χ2v) is 4.24. The largest absolute Gasteiger partial charge is 0.497 e. The van der Waals surface area contributed by atoms with E-state index in [4.69, 9.17) is 4.74 Å². The third-order valence-corrected chi connectivity index (χ3v) is 3.11. The van der Waals surface area contributed by atoms with Crippen molar-refractivity contribution in [3.8, 4) is 5.75 Å². The summed E-state index contributed by atoms with van der Waals surface area (Å²) in [7, 11) is 1.56. The lowest BCUT2D eigenvalue weighted by Crippen LogP contribution is -2.33. The molecule has 1 atom stereocenters. The van der Waals surface area contributed by atoms with Crippen LogP contribution in [-0.4, -0.2) is 13.7 Å². The molecule has 0 spiro atoms. The van der Waals surface area contributed by atoms with E-state index in [-0.39, 0.29) is 11.4 Å². The summed E-state index contributed by atoms with van der Waals surface area (Å²) in [6.45, 7) is 3.10. The zero-order valence-corrected chi connectivity index (χ0v) is 9.14. The first-order valence-corrected chi connectivity index (χ1v) is 5.24. The number of methoxy groups -OCH3 is 1. The average molecular weight is 209 g/mol. The zero-order chi connectivity index (χ0) is 10.9. The van der Waals surface area contributed by atoms with Gasteiger partial charge in [-0.05, 0) is 44.0 Å². The number of rotatable bonds is 2. The van der Waals surface area contributed by atoms with Crippen LogP contribution in [0.15, 0.2) is 18.2 Å². The van der Waals surface area contributed by atoms with Gasteiger partial charge < -0.3 is 10.1 Å². The highest BCUT2D eigenvalue weighted by molar-refractivity contribution is 5.34. The van der Waals surface area contributed by atoms with Gasteiger partial charge in [-0.2, -0.15) is 0 Å². The number of nitrogens with one attached hydrogen (secondary N) is 1. The van der Waals surface area contributed by atoms with Crippen molar-refractivity contribution in [2.45, 2.75) is 25.3 Å². The van der Waals surface area contributed by atoms with E-state index in [0.29, 0.717) is 5.75 Å². The molecule has 0 amide bonds. The van der Waals surface area contributed by atoms with Crippen LogP contribution in [-0.2, 0) is 5.54 Å². The molecule has 3 heteroatoms. The lowest BCUT2D eigenvalue weighted by atomic mass is 9.90. The normalized spacial score (nSPS) is 25.5. The molecule has 2 rings (SSSR count). The molecule has 2 nitrogen and oxygen atoms in total. The third-order valence-electron chi connectivity index (χ3n) is 3.11. The van der Waals surface area contributed by atoms with Crippen molar-refractivity contribution >= 4 is 0 Å². The van der Waals surface area contributed by atoms with Crippen LogP contribution in [0.3, 0.4) is 0 Å². The monoisotopic (exact) mass is 209 g/mol. The second kappa shape index (κ2) is 3.81. The topological polar surface area (TPSA) is 21.3 Å². The molecule has 0 saturated carbocycles. The predicted molar refractivity (Wildman–Crippen MR) is 57.5 cm³/mol. The van der Waals surface area contributed by atoms with E-state index in [0.717, 1.165) is 24.9 Å². The predicted octanol–water partition coefficient (Wildman–Crippen LogP) is 2.43. The van der Waals surface area contributed by atoms with Crippen LogP contribution in [0.25, 0.3) is 0 Å². The Kier molecular flexibility index (Phi) is 2.65. The maximum absolute atomic E-state index is 13.3. The molecule has 1 aliphatic rings. The third kappa shape index (κ3) is 1.97. The summed E-state index contributed by atoms with van der Waals surface area (Å²) >= 11 is 0. The fraction of sp³-hybridized carbons (Fsp3) is 0.500. The van der Waals surface area contributed by atoms with Crippen molar-refractivity contribution in [1.29, 1.82) is 0 Å². The molecule has 1 saturated heterocycles. The average Bonchev–Trinajstić information content (AvgIpc) is 2.65. The summed E-state index contributed by atoms with van der Waals surface area (Å²) in [6.07, 6.45) is 2.18. The van der Waals surface area contributed by atoms with Gasteiger partial charge in [0.15, 0.2) is 0 Å². The molecular weight excluding hydrogens is 193 g/mol. The first-order chi connectivity index (χ1) is 7.14. The summed E-state index contributed by atoms with van der Waals surface area (Å²) in [4.78, 5) is 0. The molecule has 1 aromatic carbocycles. The molecule has 0 radical (unpaired) electrons. The van der Waals surface area contributed by atoms with Crippen LogP contribution < -0.4 is 10.1 Å². The number of hydrogen-bond acceptors (Lipinski definition) is 2. The minimum atomic E-state index is -0.237. The van der Waals surface area contributed by atoms with Crippen molar-refractivity contribution in [3.05, 3.63) is 29.6 Å². The Morgan fingerprint density at radius 1 is 1.40 bits per heavy atom. The Hall–Kier alpha value is -1.09. The standard InChI is InChI=1S/C12H16FNO/c1-12(4-3-5-14-12)9-6-10(13)8-11(7-9)15-2/h6-8,14H,3-5H2,1-2H3. The van der Waals surface area contributed by atoms with E-state index in [1.165, 1.54) is 6.07 Å². The second-order valence-electron chi connectivity index (χ2n) is 4.24. The lowest BCUT2D eigenvalue weighted by Gasteiger charge is -2.25. The van der Waals surface area contributed by atoms with Crippen molar-refractivity contribution < 1.29 is 9.13 Å². The van der Waals surface area contributed by atoms with E-state index in [1.807, 2.05) is 6.07 Å². The van der Waals surface area contributed by atoms with Crippen LogP contribution in [0.5, 0.6) is 5.75 Å². The van der Waals surface area contributed by atoms with E-state index < -0.39 is 0 Å². The van der Waals surface area contributed by atoms with E-state index >= 15 is 0 Å². The molecule has 0 aromatic heterocycles. The molecule has 1 N–H and O–H groups in total. The Morgan fingerprint density at radius 3 is 2.80 bits per heavy atom. The Balaban J connectivity index is 2.38. The lowest BCUT2D eigenvalue weighted by molar-refractivity contribution is 0.399. The van der Waals surface area contributed by atoms with Gasteiger partial charge in [0.2, 0.25) is 0 Å². The van der Waals surface area contributed by atoms with Gasteiger partial charge in [0.1, 0.15) is 11.6 Å². The van der Waals surface area contributed by atoms with Crippen LogP contribution in [0.1, 0.15) is 25.3 Å². The van der Waals surface area contributed by atoms with Gasteiger partial charge in [-0.25, -0.2) is 4.39 Å². The summed E-state index contributed by atoms with van der Waals surface area (Å²) in [5.74, 6) is 0.346. The van der Waals surface area contributed by atoms with Gasteiger partial charge in [0, 0.05) is 11.6 Å². The van der Waals surface area contributed by atoms with Gasteiger partial charge in [-0.15, -0.1) is 0 Å². The van der Waals surface area contributed by atoms with Crippen molar-refractivity contribution in [2.75, 3.05) is 13.7 Å². The zero-order valence-electron chi connectivity index (χ0n) is 9.14. The van der Waals surface area contributed by atoms with E-state index in [2.05, 4.69) is 12.2 Å². The van der Waals surface area contributed by atoms with Gasteiger partial charge >= 0.3 is 0 Å². The Bertz CT molecular complexity index is 359. The summed E-state index contributed by atoms with van der Waals surface area (Å²) in [6, 6.07) is 4.89. The molecule has 1 aromatic rings. The first kappa shape index (κ1) is 10.4. The highest BCUT2D eigenvalue weighted by Crippen LogP contribution is 2.32. The van der Waals surface area contributed by atoms with Gasteiger partial charge in [0.05, 0.1) is 7.11 Å².